The van der Waals surface area contributed by atoms with Gasteiger partial charge in [-0.1, -0.05) is 35.9 Å². The standard InChI is InChI=1S/C16H8BrClO/c17-13-3-1-2-12-15-11-6-5-10(18)8-9(11)4-7-14(15)19-16(12)13/h1-8H. The zero-order chi connectivity index (χ0) is 13.0. The van der Waals surface area contributed by atoms with Crippen LogP contribution >= 0.6 is 27.5 Å². The van der Waals surface area contributed by atoms with E-state index in [1.807, 2.05) is 36.4 Å². The van der Waals surface area contributed by atoms with Crippen LogP contribution in [0.3, 0.4) is 0 Å². The third-order valence-electron chi connectivity index (χ3n) is 3.39. The first-order valence-corrected chi connectivity index (χ1v) is 7.10. The van der Waals surface area contributed by atoms with Crippen LogP contribution in [0.2, 0.25) is 5.02 Å². The Morgan fingerprint density at radius 3 is 2.74 bits per heavy atom. The van der Waals surface area contributed by atoms with Gasteiger partial charge in [0.15, 0.2) is 0 Å². The van der Waals surface area contributed by atoms with Crippen molar-refractivity contribution in [3.8, 4) is 0 Å². The Kier molecular flexibility index (Phi) is 2.38. The van der Waals surface area contributed by atoms with Crippen molar-refractivity contribution in [2.24, 2.45) is 0 Å². The molecule has 0 aliphatic carbocycles. The van der Waals surface area contributed by atoms with Crippen LogP contribution in [0.25, 0.3) is 32.7 Å². The summed E-state index contributed by atoms with van der Waals surface area (Å²) in [6.45, 7) is 0. The molecule has 0 saturated carbocycles. The molecule has 0 atom stereocenters. The summed E-state index contributed by atoms with van der Waals surface area (Å²) in [5.74, 6) is 0. The molecule has 92 valence electrons. The number of rotatable bonds is 0. The molecule has 3 aromatic carbocycles. The lowest BCUT2D eigenvalue weighted by Crippen LogP contribution is -1.74. The number of benzene rings is 3. The molecule has 19 heavy (non-hydrogen) atoms. The third kappa shape index (κ3) is 1.60. The largest absolute Gasteiger partial charge is 0.455 e. The van der Waals surface area contributed by atoms with Gasteiger partial charge in [-0.3, -0.25) is 0 Å². The highest BCUT2D eigenvalue weighted by atomic mass is 79.9. The lowest BCUT2D eigenvalue weighted by molar-refractivity contribution is 0.667. The molecule has 0 N–H and O–H groups in total. The van der Waals surface area contributed by atoms with E-state index in [0.717, 1.165) is 36.8 Å². The van der Waals surface area contributed by atoms with Gasteiger partial charge in [-0.15, -0.1) is 0 Å². The minimum absolute atomic E-state index is 0.751. The topological polar surface area (TPSA) is 13.1 Å². The van der Waals surface area contributed by atoms with E-state index in [2.05, 4.69) is 28.1 Å². The zero-order valence-corrected chi connectivity index (χ0v) is 12.1. The van der Waals surface area contributed by atoms with Gasteiger partial charge in [-0.2, -0.15) is 0 Å². The quantitative estimate of drug-likeness (QED) is 0.376. The predicted molar refractivity (Wildman–Crippen MR) is 83.9 cm³/mol. The molecule has 0 bridgehead atoms. The highest BCUT2D eigenvalue weighted by Crippen LogP contribution is 2.37. The fourth-order valence-corrected chi connectivity index (χ4v) is 3.19. The summed E-state index contributed by atoms with van der Waals surface area (Å²) in [4.78, 5) is 0. The fourth-order valence-electron chi connectivity index (χ4n) is 2.56. The first-order valence-electron chi connectivity index (χ1n) is 5.93. The third-order valence-corrected chi connectivity index (χ3v) is 4.25. The van der Waals surface area contributed by atoms with Crippen LogP contribution in [0.5, 0.6) is 0 Å². The molecular weight excluding hydrogens is 324 g/mol. The number of hydrogen-bond acceptors (Lipinski definition) is 1. The van der Waals surface area contributed by atoms with Gasteiger partial charge in [-0.25, -0.2) is 0 Å². The highest BCUT2D eigenvalue weighted by molar-refractivity contribution is 9.10. The van der Waals surface area contributed by atoms with Gasteiger partial charge in [0.25, 0.3) is 0 Å². The smallest absolute Gasteiger partial charge is 0.149 e. The first kappa shape index (κ1) is 11.3. The Balaban J connectivity index is 2.32. The van der Waals surface area contributed by atoms with E-state index in [4.69, 9.17) is 16.0 Å². The van der Waals surface area contributed by atoms with Gasteiger partial charge < -0.3 is 4.42 Å². The Morgan fingerprint density at radius 1 is 0.947 bits per heavy atom. The van der Waals surface area contributed by atoms with Crippen molar-refractivity contribution in [2.75, 3.05) is 0 Å². The van der Waals surface area contributed by atoms with Crippen molar-refractivity contribution in [3.05, 3.63) is 58.0 Å². The Bertz CT molecular complexity index is 940. The molecule has 0 fully saturated rings. The Morgan fingerprint density at radius 2 is 1.84 bits per heavy atom. The van der Waals surface area contributed by atoms with Gasteiger partial charge >= 0.3 is 0 Å². The minimum atomic E-state index is 0.751. The molecule has 0 saturated heterocycles. The van der Waals surface area contributed by atoms with E-state index < -0.39 is 0 Å². The normalized spacial score (nSPS) is 11.7. The predicted octanol–water partition coefficient (Wildman–Crippen LogP) is 6.16. The van der Waals surface area contributed by atoms with Crippen LogP contribution in [0.4, 0.5) is 0 Å². The fraction of sp³-hybridized carbons (Fsp3) is 0. The summed E-state index contributed by atoms with van der Waals surface area (Å²) < 4.78 is 6.92. The average Bonchev–Trinajstić information content (AvgIpc) is 2.79. The van der Waals surface area contributed by atoms with Crippen molar-refractivity contribution in [1.82, 2.24) is 0 Å². The number of halogens is 2. The molecule has 0 amide bonds. The van der Waals surface area contributed by atoms with E-state index in [1.165, 1.54) is 5.39 Å². The Hall–Kier alpha value is -1.51. The molecule has 1 aromatic heterocycles. The molecule has 4 aromatic rings. The lowest BCUT2D eigenvalue weighted by Gasteiger charge is -2.00. The number of furan rings is 1. The Labute approximate surface area is 122 Å². The molecule has 4 rings (SSSR count). The molecule has 0 aliphatic heterocycles. The molecule has 1 heterocycles. The number of fused-ring (bicyclic) bond motifs is 5. The summed E-state index contributed by atoms with van der Waals surface area (Å²) in [5.41, 5.74) is 1.79. The van der Waals surface area contributed by atoms with E-state index in [1.54, 1.807) is 0 Å². The summed E-state index contributed by atoms with van der Waals surface area (Å²) in [7, 11) is 0. The molecule has 0 radical (unpaired) electrons. The highest BCUT2D eigenvalue weighted by Gasteiger charge is 2.12. The molecule has 0 spiro atoms. The van der Waals surface area contributed by atoms with Crippen LogP contribution in [0.15, 0.2) is 57.4 Å². The van der Waals surface area contributed by atoms with Gasteiger partial charge in [0.2, 0.25) is 0 Å². The number of para-hydroxylation sites is 1. The summed E-state index contributed by atoms with van der Waals surface area (Å²) in [6.07, 6.45) is 0. The van der Waals surface area contributed by atoms with Crippen LogP contribution in [0, 0.1) is 0 Å². The van der Waals surface area contributed by atoms with Gasteiger partial charge in [0.05, 0.1) is 4.47 Å². The number of hydrogen-bond donors (Lipinski definition) is 0. The van der Waals surface area contributed by atoms with Crippen molar-refractivity contribution in [3.63, 3.8) is 0 Å². The van der Waals surface area contributed by atoms with Gasteiger partial charge in [0, 0.05) is 15.8 Å². The van der Waals surface area contributed by atoms with Crippen LogP contribution < -0.4 is 0 Å². The SMILES string of the molecule is Clc1ccc2c(ccc3oc4c(Br)cccc4c32)c1. The summed E-state index contributed by atoms with van der Waals surface area (Å²) >= 11 is 9.59. The summed E-state index contributed by atoms with van der Waals surface area (Å²) in [5, 5.41) is 5.31. The molecule has 0 unspecified atom stereocenters. The molecule has 0 aliphatic rings. The van der Waals surface area contributed by atoms with E-state index in [-0.39, 0.29) is 0 Å². The van der Waals surface area contributed by atoms with Crippen molar-refractivity contribution >= 4 is 60.2 Å². The monoisotopic (exact) mass is 330 g/mol. The molecule has 1 nitrogen and oxygen atoms in total. The maximum Gasteiger partial charge on any atom is 0.149 e. The first-order chi connectivity index (χ1) is 9.24. The van der Waals surface area contributed by atoms with E-state index >= 15 is 0 Å². The van der Waals surface area contributed by atoms with E-state index in [0.29, 0.717) is 0 Å². The second-order valence-electron chi connectivity index (χ2n) is 4.52. The van der Waals surface area contributed by atoms with Crippen LogP contribution in [-0.2, 0) is 0 Å². The maximum absolute atomic E-state index is 6.06. The van der Waals surface area contributed by atoms with Gasteiger partial charge in [0.1, 0.15) is 11.2 Å². The van der Waals surface area contributed by atoms with E-state index in [9.17, 15) is 0 Å². The summed E-state index contributed by atoms with van der Waals surface area (Å²) in [6, 6.07) is 16.1. The second-order valence-corrected chi connectivity index (χ2v) is 5.81. The minimum Gasteiger partial charge on any atom is -0.455 e. The van der Waals surface area contributed by atoms with Crippen LogP contribution in [0.1, 0.15) is 0 Å². The second kappa shape index (κ2) is 3.99. The van der Waals surface area contributed by atoms with Gasteiger partial charge in [-0.05, 0) is 51.0 Å². The lowest BCUT2D eigenvalue weighted by atomic mass is 10.0. The molecule has 3 heteroatoms. The zero-order valence-electron chi connectivity index (χ0n) is 9.78. The average molecular weight is 332 g/mol. The van der Waals surface area contributed by atoms with Crippen molar-refractivity contribution in [1.29, 1.82) is 0 Å². The maximum atomic E-state index is 6.06. The van der Waals surface area contributed by atoms with Crippen molar-refractivity contribution < 1.29 is 4.42 Å². The van der Waals surface area contributed by atoms with Crippen molar-refractivity contribution in [2.45, 2.75) is 0 Å². The molecular formula is C16H8BrClO. The van der Waals surface area contributed by atoms with Crippen LogP contribution in [-0.4, -0.2) is 0 Å².